The molecule has 102 valence electrons. The lowest BCUT2D eigenvalue weighted by molar-refractivity contribution is 0.600. The van der Waals surface area contributed by atoms with E-state index >= 15 is 0 Å². The second-order valence-corrected chi connectivity index (χ2v) is 4.88. The third-order valence-electron chi connectivity index (χ3n) is 3.56. The van der Waals surface area contributed by atoms with E-state index in [1.807, 2.05) is 30.3 Å². The zero-order valence-electron chi connectivity index (χ0n) is 11.5. The molecule has 0 saturated carbocycles. The fourth-order valence-electron chi connectivity index (χ4n) is 2.38. The summed E-state index contributed by atoms with van der Waals surface area (Å²) in [6.07, 6.45) is 1.08. The number of benzene rings is 2. The van der Waals surface area contributed by atoms with Gasteiger partial charge in [-0.05, 0) is 24.1 Å². The molecular formula is C17H18N2O. The molecule has 0 bridgehead atoms. The van der Waals surface area contributed by atoms with Gasteiger partial charge in [-0.3, -0.25) is 0 Å². The van der Waals surface area contributed by atoms with Crippen LogP contribution >= 0.6 is 0 Å². The largest absolute Gasteiger partial charge is 0.424 e. The van der Waals surface area contributed by atoms with E-state index in [-0.39, 0.29) is 0 Å². The quantitative estimate of drug-likeness (QED) is 0.742. The predicted octanol–water partition coefficient (Wildman–Crippen LogP) is 4.43. The van der Waals surface area contributed by atoms with Crippen LogP contribution in [0.2, 0.25) is 0 Å². The van der Waals surface area contributed by atoms with Crippen molar-refractivity contribution < 1.29 is 4.42 Å². The minimum atomic E-state index is 0.464. The van der Waals surface area contributed by atoms with Crippen LogP contribution in [0.3, 0.4) is 0 Å². The van der Waals surface area contributed by atoms with Crippen molar-refractivity contribution in [3.63, 3.8) is 0 Å². The fraction of sp³-hybridized carbons (Fsp3) is 0.235. The molecule has 3 heteroatoms. The molecule has 1 aromatic heterocycles. The van der Waals surface area contributed by atoms with Gasteiger partial charge in [-0.15, -0.1) is 0 Å². The number of nitrogens with one attached hydrogen (secondary N) is 1. The van der Waals surface area contributed by atoms with E-state index in [0.717, 1.165) is 24.1 Å². The zero-order valence-corrected chi connectivity index (χ0v) is 11.5. The molecule has 3 rings (SSSR count). The Balaban J connectivity index is 1.71. The highest BCUT2D eigenvalue weighted by atomic mass is 16.4. The van der Waals surface area contributed by atoms with Crippen LogP contribution in [0.1, 0.15) is 24.8 Å². The minimum absolute atomic E-state index is 0.464. The first-order valence-electron chi connectivity index (χ1n) is 7.01. The Morgan fingerprint density at radius 3 is 2.55 bits per heavy atom. The monoisotopic (exact) mass is 266 g/mol. The van der Waals surface area contributed by atoms with Crippen LogP contribution in [-0.2, 0) is 0 Å². The second kappa shape index (κ2) is 5.78. The topological polar surface area (TPSA) is 38.1 Å². The lowest BCUT2D eigenvalue weighted by atomic mass is 9.97. The molecule has 1 atom stereocenters. The summed E-state index contributed by atoms with van der Waals surface area (Å²) >= 11 is 0. The van der Waals surface area contributed by atoms with Crippen molar-refractivity contribution >= 4 is 17.1 Å². The molecule has 2 aromatic carbocycles. The van der Waals surface area contributed by atoms with Gasteiger partial charge in [-0.25, -0.2) is 0 Å². The molecule has 3 aromatic rings. The van der Waals surface area contributed by atoms with Crippen molar-refractivity contribution in [2.24, 2.45) is 0 Å². The summed E-state index contributed by atoms with van der Waals surface area (Å²) in [6, 6.07) is 19.0. The summed E-state index contributed by atoms with van der Waals surface area (Å²) < 4.78 is 5.68. The van der Waals surface area contributed by atoms with Gasteiger partial charge in [0.1, 0.15) is 5.52 Å². The van der Waals surface area contributed by atoms with E-state index in [1.165, 1.54) is 5.56 Å². The first kappa shape index (κ1) is 12.7. The molecule has 0 fully saturated rings. The number of hydrogen-bond donors (Lipinski definition) is 1. The third-order valence-corrected chi connectivity index (χ3v) is 3.56. The van der Waals surface area contributed by atoms with Gasteiger partial charge in [0.2, 0.25) is 0 Å². The molecule has 0 aliphatic heterocycles. The van der Waals surface area contributed by atoms with E-state index in [1.54, 1.807) is 0 Å². The molecule has 1 N–H and O–H groups in total. The molecule has 0 spiro atoms. The van der Waals surface area contributed by atoms with Crippen LogP contribution < -0.4 is 5.32 Å². The standard InChI is InChI=1S/C17H18N2O/c1-2-13(14-8-4-3-5-9-14)12-18-17-19-15-10-6-7-11-16(15)20-17/h3-11,13H,2,12H2,1H3,(H,18,19). The van der Waals surface area contributed by atoms with Crippen molar-refractivity contribution in [2.45, 2.75) is 19.3 Å². The molecule has 0 radical (unpaired) electrons. The Kier molecular flexibility index (Phi) is 3.68. The first-order valence-corrected chi connectivity index (χ1v) is 7.01. The summed E-state index contributed by atoms with van der Waals surface area (Å²) in [5.74, 6) is 0.464. The Labute approximate surface area is 118 Å². The molecule has 20 heavy (non-hydrogen) atoms. The first-order chi connectivity index (χ1) is 9.86. The Morgan fingerprint density at radius 1 is 1.05 bits per heavy atom. The third kappa shape index (κ3) is 2.67. The van der Waals surface area contributed by atoms with Crippen molar-refractivity contribution in [3.05, 3.63) is 60.2 Å². The highest BCUT2D eigenvalue weighted by Gasteiger charge is 2.11. The number of aromatic nitrogens is 1. The minimum Gasteiger partial charge on any atom is -0.424 e. The summed E-state index contributed by atoms with van der Waals surface area (Å²) in [5.41, 5.74) is 3.06. The number of fused-ring (bicyclic) bond motifs is 1. The Bertz CT molecular complexity index is 643. The Morgan fingerprint density at radius 2 is 1.80 bits per heavy atom. The Hall–Kier alpha value is -2.29. The van der Waals surface area contributed by atoms with Gasteiger partial charge < -0.3 is 9.73 Å². The van der Waals surface area contributed by atoms with Crippen LogP contribution in [0.15, 0.2) is 59.0 Å². The molecule has 0 saturated heterocycles. The number of hydrogen-bond acceptors (Lipinski definition) is 3. The zero-order chi connectivity index (χ0) is 13.8. The molecule has 1 heterocycles. The number of rotatable bonds is 5. The maximum Gasteiger partial charge on any atom is 0.295 e. The predicted molar refractivity (Wildman–Crippen MR) is 82.0 cm³/mol. The van der Waals surface area contributed by atoms with E-state index < -0.39 is 0 Å². The summed E-state index contributed by atoms with van der Waals surface area (Å²) in [7, 11) is 0. The van der Waals surface area contributed by atoms with Crippen molar-refractivity contribution in [2.75, 3.05) is 11.9 Å². The molecule has 0 amide bonds. The van der Waals surface area contributed by atoms with E-state index in [0.29, 0.717) is 11.9 Å². The molecular weight excluding hydrogens is 248 g/mol. The van der Waals surface area contributed by atoms with Crippen LogP contribution in [0.25, 0.3) is 11.1 Å². The van der Waals surface area contributed by atoms with Gasteiger partial charge >= 0.3 is 0 Å². The average molecular weight is 266 g/mol. The van der Waals surface area contributed by atoms with E-state index in [9.17, 15) is 0 Å². The van der Waals surface area contributed by atoms with E-state index in [2.05, 4.69) is 41.5 Å². The van der Waals surface area contributed by atoms with Gasteiger partial charge in [0.05, 0.1) is 0 Å². The lowest BCUT2D eigenvalue weighted by Gasteiger charge is -2.15. The lowest BCUT2D eigenvalue weighted by Crippen LogP contribution is -2.12. The van der Waals surface area contributed by atoms with Gasteiger partial charge in [0.15, 0.2) is 5.58 Å². The van der Waals surface area contributed by atoms with E-state index in [4.69, 9.17) is 4.42 Å². The van der Waals surface area contributed by atoms with Crippen molar-refractivity contribution in [3.8, 4) is 0 Å². The highest BCUT2D eigenvalue weighted by Crippen LogP contribution is 2.22. The van der Waals surface area contributed by atoms with Crippen LogP contribution in [0.4, 0.5) is 6.01 Å². The number of para-hydroxylation sites is 2. The summed E-state index contributed by atoms with van der Waals surface area (Å²) in [5, 5.41) is 3.31. The summed E-state index contributed by atoms with van der Waals surface area (Å²) in [6.45, 7) is 3.03. The van der Waals surface area contributed by atoms with Crippen LogP contribution in [-0.4, -0.2) is 11.5 Å². The maximum absolute atomic E-state index is 5.68. The number of oxazole rings is 1. The second-order valence-electron chi connectivity index (χ2n) is 4.88. The smallest absolute Gasteiger partial charge is 0.295 e. The fourth-order valence-corrected chi connectivity index (χ4v) is 2.38. The number of anilines is 1. The summed E-state index contributed by atoms with van der Waals surface area (Å²) in [4.78, 5) is 4.43. The maximum atomic E-state index is 5.68. The van der Waals surface area contributed by atoms with Gasteiger partial charge in [0.25, 0.3) is 6.01 Å². The van der Waals surface area contributed by atoms with Crippen molar-refractivity contribution in [1.82, 2.24) is 4.98 Å². The highest BCUT2D eigenvalue weighted by molar-refractivity contribution is 5.74. The normalized spacial score (nSPS) is 12.4. The van der Waals surface area contributed by atoms with Crippen molar-refractivity contribution in [1.29, 1.82) is 0 Å². The molecule has 0 aliphatic rings. The van der Waals surface area contributed by atoms with Gasteiger partial charge in [0, 0.05) is 12.5 Å². The number of nitrogens with zero attached hydrogens (tertiary/aromatic N) is 1. The molecule has 0 aliphatic carbocycles. The van der Waals surface area contributed by atoms with Gasteiger partial charge in [-0.2, -0.15) is 4.98 Å². The SMILES string of the molecule is CCC(CNc1nc2ccccc2o1)c1ccccc1. The van der Waals surface area contributed by atoms with Crippen LogP contribution in [0.5, 0.6) is 0 Å². The van der Waals surface area contributed by atoms with Crippen LogP contribution in [0, 0.1) is 0 Å². The average Bonchev–Trinajstić information content (AvgIpc) is 2.92. The molecule has 1 unspecified atom stereocenters. The molecule has 3 nitrogen and oxygen atoms in total. The van der Waals surface area contributed by atoms with Gasteiger partial charge in [-0.1, -0.05) is 49.4 Å².